The topological polar surface area (TPSA) is 93.8 Å². The van der Waals surface area contributed by atoms with Crippen LogP contribution >= 0.6 is 11.3 Å². The highest BCUT2D eigenvalue weighted by atomic mass is 32.1. The third-order valence-corrected chi connectivity index (χ3v) is 7.17. The average molecular weight is 475 g/mol. The minimum Gasteiger partial charge on any atom is -0.378 e. The van der Waals surface area contributed by atoms with Gasteiger partial charge >= 0.3 is 0 Å². The number of carbonyl (C=O) groups excluding carboxylic acids is 1. The lowest BCUT2D eigenvalue weighted by Crippen LogP contribution is -2.36. The van der Waals surface area contributed by atoms with Crippen LogP contribution in [0.15, 0.2) is 53.7 Å². The molecule has 4 aromatic heterocycles. The van der Waals surface area contributed by atoms with Crippen LogP contribution in [0.4, 0.5) is 5.82 Å². The van der Waals surface area contributed by atoms with Crippen molar-refractivity contribution in [2.24, 2.45) is 7.05 Å². The molecule has 0 spiro atoms. The monoisotopic (exact) mass is 474 g/mol. The molecule has 0 radical (unpaired) electrons. The molecule has 5 heterocycles. The van der Waals surface area contributed by atoms with Gasteiger partial charge in [-0.2, -0.15) is 0 Å². The van der Waals surface area contributed by atoms with Gasteiger partial charge in [-0.05, 0) is 24.3 Å². The summed E-state index contributed by atoms with van der Waals surface area (Å²) < 4.78 is 10.2. The van der Waals surface area contributed by atoms with Crippen LogP contribution in [0.1, 0.15) is 16.1 Å². The number of aryl methyl sites for hydroxylation is 1. The number of hydrogen-bond donors (Lipinski definition) is 1. The van der Waals surface area contributed by atoms with E-state index in [0.29, 0.717) is 29.1 Å². The highest BCUT2D eigenvalue weighted by molar-refractivity contribution is 7.24. The van der Waals surface area contributed by atoms with Crippen molar-refractivity contribution >= 4 is 49.1 Å². The molecule has 5 aromatic rings. The summed E-state index contributed by atoms with van der Waals surface area (Å²) in [5.74, 6) is 0.380. The molecule has 10 heteroatoms. The number of fused-ring (bicyclic) bond motifs is 5. The van der Waals surface area contributed by atoms with Gasteiger partial charge in [-0.15, -0.1) is 11.3 Å². The summed E-state index contributed by atoms with van der Waals surface area (Å²) in [4.78, 5) is 38.8. The van der Waals surface area contributed by atoms with Crippen LogP contribution in [0.5, 0.6) is 0 Å². The Hall–Kier alpha value is -3.76. The van der Waals surface area contributed by atoms with Crippen LogP contribution in [0.2, 0.25) is 0 Å². The Kier molecular flexibility index (Phi) is 5.04. The van der Waals surface area contributed by atoms with Crippen molar-refractivity contribution in [1.82, 2.24) is 24.3 Å². The zero-order chi connectivity index (χ0) is 23.2. The second-order valence-electron chi connectivity index (χ2n) is 8.27. The SMILES string of the molecule is Cn1cnc(CNC(=O)c2c(=O)c3ccc(N4CCOCC4)nc3n3c2sc2ccccc23)c1. The molecule has 0 saturated carbocycles. The zero-order valence-corrected chi connectivity index (χ0v) is 19.3. The molecule has 6 rings (SSSR count). The van der Waals surface area contributed by atoms with E-state index in [2.05, 4.69) is 15.2 Å². The number of thiazole rings is 1. The molecule has 0 bridgehead atoms. The van der Waals surface area contributed by atoms with Gasteiger partial charge in [-0.1, -0.05) is 12.1 Å². The van der Waals surface area contributed by atoms with Gasteiger partial charge in [-0.25, -0.2) is 9.97 Å². The quantitative estimate of drug-likeness (QED) is 0.430. The van der Waals surface area contributed by atoms with Crippen molar-refractivity contribution in [3.05, 3.63) is 70.4 Å². The summed E-state index contributed by atoms with van der Waals surface area (Å²) in [5, 5.41) is 3.29. The molecule has 172 valence electrons. The molecule has 1 fully saturated rings. The standard InChI is InChI=1S/C24H22N6O3S/c1-28-13-15(26-14-28)12-25-23(32)20-21(31)16-6-7-19(29-8-10-33-11-9-29)27-22(16)30-17-4-2-3-5-18(17)34-24(20)30/h2-7,13-14H,8-12H2,1H3,(H,25,32). The predicted molar refractivity (Wildman–Crippen MR) is 132 cm³/mol. The number of rotatable bonds is 4. The Labute approximate surface area is 198 Å². The number of ether oxygens (including phenoxy) is 1. The van der Waals surface area contributed by atoms with Crippen LogP contribution < -0.4 is 15.6 Å². The van der Waals surface area contributed by atoms with Crippen molar-refractivity contribution in [3.63, 3.8) is 0 Å². The fraction of sp³-hybridized carbons (Fsp3) is 0.250. The molecule has 1 saturated heterocycles. The summed E-state index contributed by atoms with van der Waals surface area (Å²) in [6.45, 7) is 3.02. The van der Waals surface area contributed by atoms with Gasteiger partial charge in [0.1, 0.15) is 16.2 Å². The molecule has 1 N–H and O–H groups in total. The normalized spacial score (nSPS) is 14.3. The average Bonchev–Trinajstić information content (AvgIpc) is 3.46. The van der Waals surface area contributed by atoms with Crippen molar-refractivity contribution in [2.45, 2.75) is 6.54 Å². The largest absolute Gasteiger partial charge is 0.378 e. The lowest BCUT2D eigenvalue weighted by atomic mass is 10.1. The first-order chi connectivity index (χ1) is 16.6. The molecular weight excluding hydrogens is 452 g/mol. The van der Waals surface area contributed by atoms with Crippen molar-refractivity contribution in [3.8, 4) is 0 Å². The molecule has 1 aromatic carbocycles. The minimum atomic E-state index is -0.418. The predicted octanol–water partition coefficient (Wildman–Crippen LogP) is 2.56. The van der Waals surface area contributed by atoms with Gasteiger partial charge < -0.3 is 19.5 Å². The molecule has 9 nitrogen and oxygen atoms in total. The third kappa shape index (κ3) is 3.42. The van der Waals surface area contributed by atoms with Gasteiger partial charge in [0.05, 0.1) is 47.4 Å². The molecule has 0 atom stereocenters. The summed E-state index contributed by atoms with van der Waals surface area (Å²) in [7, 11) is 1.87. The second kappa shape index (κ2) is 8.23. The van der Waals surface area contributed by atoms with E-state index < -0.39 is 5.91 Å². The van der Waals surface area contributed by atoms with Gasteiger partial charge in [0.25, 0.3) is 5.91 Å². The number of imidazole rings is 1. The number of benzene rings is 1. The van der Waals surface area contributed by atoms with E-state index in [1.807, 2.05) is 52.5 Å². The minimum absolute atomic E-state index is 0.130. The Balaban J connectivity index is 1.54. The first-order valence-corrected chi connectivity index (χ1v) is 11.9. The smallest absolute Gasteiger partial charge is 0.258 e. The van der Waals surface area contributed by atoms with Crippen molar-refractivity contribution < 1.29 is 9.53 Å². The van der Waals surface area contributed by atoms with Crippen LogP contribution in [0.25, 0.3) is 26.1 Å². The lowest BCUT2D eigenvalue weighted by molar-refractivity contribution is 0.0951. The van der Waals surface area contributed by atoms with Gasteiger partial charge in [-0.3, -0.25) is 14.0 Å². The van der Waals surface area contributed by atoms with Crippen molar-refractivity contribution in [2.75, 3.05) is 31.2 Å². The zero-order valence-electron chi connectivity index (χ0n) is 18.5. The third-order valence-electron chi connectivity index (χ3n) is 6.02. The highest BCUT2D eigenvalue weighted by Gasteiger charge is 2.23. The maximum atomic E-state index is 13.6. The summed E-state index contributed by atoms with van der Waals surface area (Å²) in [5.41, 5.74) is 2.01. The van der Waals surface area contributed by atoms with Crippen LogP contribution in [-0.2, 0) is 18.3 Å². The second-order valence-corrected chi connectivity index (χ2v) is 9.30. The van der Waals surface area contributed by atoms with Gasteiger partial charge in [0.2, 0.25) is 5.43 Å². The molecule has 0 aliphatic carbocycles. The molecule has 1 aliphatic rings. The number of nitrogens with zero attached hydrogens (tertiary/aromatic N) is 5. The highest BCUT2D eigenvalue weighted by Crippen LogP contribution is 2.31. The van der Waals surface area contributed by atoms with Gasteiger partial charge in [0.15, 0.2) is 5.65 Å². The Morgan fingerprint density at radius 3 is 2.79 bits per heavy atom. The van der Waals surface area contributed by atoms with Crippen LogP contribution in [-0.4, -0.2) is 51.1 Å². The van der Waals surface area contributed by atoms with Crippen LogP contribution in [0, 0.1) is 0 Å². The fourth-order valence-corrected chi connectivity index (χ4v) is 5.55. The summed E-state index contributed by atoms with van der Waals surface area (Å²) in [6, 6.07) is 11.5. The molecule has 0 unspecified atom stereocenters. The maximum absolute atomic E-state index is 13.6. The number of hydrogen-bond acceptors (Lipinski definition) is 7. The van der Waals surface area contributed by atoms with Crippen molar-refractivity contribution in [1.29, 1.82) is 0 Å². The Morgan fingerprint density at radius 2 is 2.00 bits per heavy atom. The maximum Gasteiger partial charge on any atom is 0.258 e. The Morgan fingerprint density at radius 1 is 1.18 bits per heavy atom. The summed E-state index contributed by atoms with van der Waals surface area (Å²) in [6.07, 6.45) is 3.51. The van der Waals surface area contributed by atoms with E-state index in [1.165, 1.54) is 11.3 Å². The van der Waals surface area contributed by atoms with E-state index >= 15 is 0 Å². The van der Waals surface area contributed by atoms with E-state index in [-0.39, 0.29) is 17.5 Å². The first-order valence-electron chi connectivity index (χ1n) is 11.0. The number of anilines is 1. The number of amides is 1. The number of pyridine rings is 2. The van der Waals surface area contributed by atoms with Gasteiger partial charge in [0, 0.05) is 26.3 Å². The first kappa shape index (κ1) is 20.8. The fourth-order valence-electron chi connectivity index (χ4n) is 4.36. The van der Waals surface area contributed by atoms with Crippen LogP contribution in [0.3, 0.4) is 0 Å². The molecular formula is C24H22N6O3S. The molecule has 1 aliphatic heterocycles. The Bertz CT molecular complexity index is 1610. The lowest BCUT2D eigenvalue weighted by Gasteiger charge is -2.27. The molecule has 1 amide bonds. The summed E-state index contributed by atoms with van der Waals surface area (Å²) >= 11 is 1.42. The number of carbonyl (C=O) groups is 1. The number of nitrogens with one attached hydrogen (secondary N) is 1. The number of para-hydroxylation sites is 1. The van der Waals surface area contributed by atoms with E-state index in [1.54, 1.807) is 12.4 Å². The van der Waals surface area contributed by atoms with E-state index in [9.17, 15) is 9.59 Å². The van der Waals surface area contributed by atoms with E-state index in [4.69, 9.17) is 9.72 Å². The number of morpholine rings is 1. The molecule has 34 heavy (non-hydrogen) atoms. The van der Waals surface area contributed by atoms with E-state index in [0.717, 1.165) is 34.8 Å². The number of aromatic nitrogens is 4.